The molecule has 0 saturated carbocycles. The van der Waals surface area contributed by atoms with Crippen LogP contribution in [-0.2, 0) is 9.59 Å². The number of carbonyl (C=O) groups is 2. The molecule has 0 spiro atoms. The Morgan fingerprint density at radius 3 is 2.29 bits per heavy atom. The number of aryl methyl sites for hydroxylation is 1. The lowest BCUT2D eigenvalue weighted by atomic mass is 10.0. The van der Waals surface area contributed by atoms with E-state index in [1.165, 1.54) is 18.2 Å². The maximum absolute atomic E-state index is 14.5. The van der Waals surface area contributed by atoms with Crippen molar-refractivity contribution in [2.75, 3.05) is 16.8 Å². The standard InChI is InChI=1S/C25H21FN2O3/c1-3-31-21-11-7-5-9-19(21)27-23-22(17-14-12-16(2)13-15-17)24(29)28(25(23)30)20-10-6-4-8-18(20)26/h4-15,27H,3H2,1-2H3. The largest absolute Gasteiger partial charge is 0.492 e. The lowest BCUT2D eigenvalue weighted by Crippen LogP contribution is -2.33. The minimum absolute atomic E-state index is 0.0734. The maximum Gasteiger partial charge on any atom is 0.282 e. The van der Waals surface area contributed by atoms with Gasteiger partial charge in [-0.05, 0) is 43.7 Å². The predicted molar refractivity (Wildman–Crippen MR) is 118 cm³/mol. The Morgan fingerprint density at radius 2 is 1.58 bits per heavy atom. The molecular weight excluding hydrogens is 395 g/mol. The van der Waals surface area contributed by atoms with Crippen LogP contribution in [0, 0.1) is 12.7 Å². The van der Waals surface area contributed by atoms with Gasteiger partial charge in [0.05, 0.1) is 23.6 Å². The summed E-state index contributed by atoms with van der Waals surface area (Å²) in [7, 11) is 0. The number of halogens is 1. The van der Waals surface area contributed by atoms with Gasteiger partial charge in [-0.25, -0.2) is 9.29 Å². The van der Waals surface area contributed by atoms with Crippen LogP contribution < -0.4 is 15.0 Å². The zero-order valence-corrected chi connectivity index (χ0v) is 17.2. The summed E-state index contributed by atoms with van der Waals surface area (Å²) in [5, 5.41) is 3.08. The molecule has 0 fully saturated rings. The molecule has 0 radical (unpaired) electrons. The van der Waals surface area contributed by atoms with Crippen molar-refractivity contribution in [3.63, 3.8) is 0 Å². The molecule has 31 heavy (non-hydrogen) atoms. The first-order valence-electron chi connectivity index (χ1n) is 9.94. The highest BCUT2D eigenvalue weighted by atomic mass is 19.1. The lowest BCUT2D eigenvalue weighted by molar-refractivity contribution is -0.120. The summed E-state index contributed by atoms with van der Waals surface area (Å²) in [6.45, 7) is 4.23. The number of hydrogen-bond donors (Lipinski definition) is 1. The second kappa shape index (κ2) is 8.44. The Morgan fingerprint density at radius 1 is 0.903 bits per heavy atom. The van der Waals surface area contributed by atoms with Crippen molar-refractivity contribution in [3.05, 3.63) is 95.4 Å². The number of imide groups is 1. The number of ether oxygens (including phenoxy) is 1. The molecule has 156 valence electrons. The molecule has 0 aromatic heterocycles. The van der Waals surface area contributed by atoms with E-state index < -0.39 is 17.6 Å². The van der Waals surface area contributed by atoms with Crippen LogP contribution in [0.25, 0.3) is 5.57 Å². The van der Waals surface area contributed by atoms with Gasteiger partial charge in [0.25, 0.3) is 11.8 Å². The fourth-order valence-corrected chi connectivity index (χ4v) is 3.47. The van der Waals surface area contributed by atoms with E-state index in [4.69, 9.17) is 4.74 Å². The Bertz CT molecular complexity index is 1190. The van der Waals surface area contributed by atoms with E-state index in [0.29, 0.717) is 23.6 Å². The van der Waals surface area contributed by atoms with E-state index in [2.05, 4.69) is 5.32 Å². The second-order valence-electron chi connectivity index (χ2n) is 7.07. The van der Waals surface area contributed by atoms with E-state index >= 15 is 0 Å². The van der Waals surface area contributed by atoms with Crippen LogP contribution in [-0.4, -0.2) is 18.4 Å². The zero-order valence-electron chi connectivity index (χ0n) is 17.2. The number of nitrogens with zero attached hydrogens (tertiary/aromatic N) is 1. The lowest BCUT2D eigenvalue weighted by Gasteiger charge is -2.16. The summed E-state index contributed by atoms with van der Waals surface area (Å²) >= 11 is 0. The quantitative estimate of drug-likeness (QED) is 0.579. The summed E-state index contributed by atoms with van der Waals surface area (Å²) in [6.07, 6.45) is 0. The number of hydrogen-bond acceptors (Lipinski definition) is 4. The molecule has 0 bridgehead atoms. The zero-order chi connectivity index (χ0) is 22.0. The van der Waals surface area contributed by atoms with Crippen LogP contribution in [0.5, 0.6) is 5.75 Å². The minimum Gasteiger partial charge on any atom is -0.492 e. The predicted octanol–water partition coefficient (Wildman–Crippen LogP) is 4.93. The number of para-hydroxylation sites is 3. The molecule has 1 aliphatic heterocycles. The van der Waals surface area contributed by atoms with Gasteiger partial charge < -0.3 is 10.1 Å². The summed E-state index contributed by atoms with van der Waals surface area (Å²) in [6, 6.07) is 20.1. The summed E-state index contributed by atoms with van der Waals surface area (Å²) in [5.41, 5.74) is 2.30. The van der Waals surface area contributed by atoms with Crippen molar-refractivity contribution in [3.8, 4) is 5.75 Å². The van der Waals surface area contributed by atoms with Gasteiger partial charge in [-0.2, -0.15) is 0 Å². The number of nitrogens with one attached hydrogen (secondary N) is 1. The van der Waals surface area contributed by atoms with Gasteiger partial charge in [-0.3, -0.25) is 9.59 Å². The van der Waals surface area contributed by atoms with Gasteiger partial charge in [0.15, 0.2) is 0 Å². The van der Waals surface area contributed by atoms with E-state index in [-0.39, 0.29) is 17.0 Å². The van der Waals surface area contributed by atoms with Crippen molar-refractivity contribution < 1.29 is 18.7 Å². The van der Waals surface area contributed by atoms with E-state index in [9.17, 15) is 14.0 Å². The molecule has 5 nitrogen and oxygen atoms in total. The molecular formula is C25H21FN2O3. The topological polar surface area (TPSA) is 58.6 Å². The van der Waals surface area contributed by atoms with Gasteiger partial charge in [0.2, 0.25) is 0 Å². The van der Waals surface area contributed by atoms with Gasteiger partial charge in [0, 0.05) is 0 Å². The molecule has 1 heterocycles. The number of anilines is 2. The third kappa shape index (κ3) is 3.80. The number of amides is 2. The Balaban J connectivity index is 1.84. The first-order valence-corrected chi connectivity index (χ1v) is 9.94. The Kier molecular flexibility index (Phi) is 5.54. The summed E-state index contributed by atoms with van der Waals surface area (Å²) < 4.78 is 20.1. The van der Waals surface area contributed by atoms with Crippen molar-refractivity contribution in [1.29, 1.82) is 0 Å². The molecule has 1 aliphatic rings. The van der Waals surface area contributed by atoms with Crippen LogP contribution in [0.4, 0.5) is 15.8 Å². The molecule has 2 amide bonds. The molecule has 0 unspecified atom stereocenters. The van der Waals surface area contributed by atoms with Gasteiger partial charge in [-0.1, -0.05) is 54.1 Å². The van der Waals surface area contributed by atoms with Gasteiger partial charge in [0.1, 0.15) is 17.3 Å². The third-order valence-electron chi connectivity index (χ3n) is 4.96. The minimum atomic E-state index is -0.650. The third-order valence-corrected chi connectivity index (χ3v) is 4.96. The normalized spacial score (nSPS) is 13.7. The van der Waals surface area contributed by atoms with E-state index in [1.54, 1.807) is 36.4 Å². The van der Waals surface area contributed by atoms with E-state index in [0.717, 1.165) is 10.5 Å². The number of carbonyl (C=O) groups excluding carboxylic acids is 2. The first-order chi connectivity index (χ1) is 15.0. The van der Waals surface area contributed by atoms with Crippen molar-refractivity contribution in [2.45, 2.75) is 13.8 Å². The summed E-state index contributed by atoms with van der Waals surface area (Å²) in [5.74, 6) is -1.32. The van der Waals surface area contributed by atoms with Crippen LogP contribution >= 0.6 is 0 Å². The summed E-state index contributed by atoms with van der Waals surface area (Å²) in [4.78, 5) is 27.6. The van der Waals surface area contributed by atoms with Crippen molar-refractivity contribution in [1.82, 2.24) is 0 Å². The van der Waals surface area contributed by atoms with Crippen LogP contribution in [0.15, 0.2) is 78.5 Å². The van der Waals surface area contributed by atoms with Crippen LogP contribution in [0.2, 0.25) is 0 Å². The fraction of sp³-hybridized carbons (Fsp3) is 0.120. The van der Waals surface area contributed by atoms with Crippen molar-refractivity contribution >= 4 is 28.8 Å². The monoisotopic (exact) mass is 416 g/mol. The molecule has 1 N–H and O–H groups in total. The van der Waals surface area contributed by atoms with Gasteiger partial charge in [-0.15, -0.1) is 0 Å². The maximum atomic E-state index is 14.5. The highest BCUT2D eigenvalue weighted by molar-refractivity contribution is 6.46. The highest BCUT2D eigenvalue weighted by Crippen LogP contribution is 2.36. The molecule has 0 aliphatic carbocycles. The van der Waals surface area contributed by atoms with Crippen LogP contribution in [0.3, 0.4) is 0 Å². The Labute approximate surface area is 179 Å². The second-order valence-corrected chi connectivity index (χ2v) is 7.07. The molecule has 0 saturated heterocycles. The van der Waals surface area contributed by atoms with Crippen LogP contribution in [0.1, 0.15) is 18.1 Å². The molecule has 4 rings (SSSR count). The molecule has 3 aromatic carbocycles. The molecule has 6 heteroatoms. The molecule has 3 aromatic rings. The first kappa shape index (κ1) is 20.3. The Hall–Kier alpha value is -3.93. The smallest absolute Gasteiger partial charge is 0.282 e. The molecule has 0 atom stereocenters. The number of benzene rings is 3. The average molecular weight is 416 g/mol. The number of rotatable bonds is 6. The highest BCUT2D eigenvalue weighted by Gasteiger charge is 2.41. The SMILES string of the molecule is CCOc1ccccc1NC1=C(c2ccc(C)cc2)C(=O)N(c2ccccc2F)C1=O. The van der Waals surface area contributed by atoms with Crippen molar-refractivity contribution in [2.24, 2.45) is 0 Å². The van der Waals surface area contributed by atoms with E-state index in [1.807, 2.05) is 32.0 Å². The average Bonchev–Trinajstić information content (AvgIpc) is 3.00. The fourth-order valence-electron chi connectivity index (χ4n) is 3.47. The van der Waals surface area contributed by atoms with Gasteiger partial charge >= 0.3 is 0 Å².